The molecule has 0 spiro atoms. The van der Waals surface area contributed by atoms with Crippen LogP contribution in [0.15, 0.2) is 36.4 Å². The lowest BCUT2D eigenvalue weighted by Crippen LogP contribution is -2.30. The largest absolute Gasteiger partial charge is 0.388 e. The van der Waals surface area contributed by atoms with E-state index in [2.05, 4.69) is 18.9 Å². The molecule has 2 aromatic rings. The van der Waals surface area contributed by atoms with E-state index in [1.165, 1.54) is 0 Å². The summed E-state index contributed by atoms with van der Waals surface area (Å²) in [5.74, 6) is 0.208. The molecule has 0 saturated heterocycles. The molecule has 1 atom stereocenters. The zero-order chi connectivity index (χ0) is 17.0. The van der Waals surface area contributed by atoms with Crippen LogP contribution in [-0.2, 0) is 7.05 Å². The second kappa shape index (κ2) is 7.42. The van der Waals surface area contributed by atoms with Gasteiger partial charge in [-0.3, -0.25) is 9.48 Å². The first-order valence-electron chi connectivity index (χ1n) is 7.92. The van der Waals surface area contributed by atoms with Crippen LogP contribution in [0.3, 0.4) is 0 Å². The molecular formula is C18H25N3O2. The van der Waals surface area contributed by atoms with Crippen LogP contribution >= 0.6 is 0 Å². The molecule has 124 valence electrons. The minimum Gasteiger partial charge on any atom is -0.388 e. The highest BCUT2D eigenvalue weighted by atomic mass is 16.3. The fourth-order valence-electron chi connectivity index (χ4n) is 2.43. The number of aliphatic hydroxyl groups is 1. The SMILES string of the molecule is CC(C)c1cc(C(=O)N(C)CCC(O)c2ccccc2)n(C)n1. The third-order valence-electron chi connectivity index (χ3n) is 3.98. The highest BCUT2D eigenvalue weighted by molar-refractivity contribution is 5.92. The van der Waals surface area contributed by atoms with Crippen molar-refractivity contribution >= 4 is 5.91 Å². The number of aliphatic hydroxyl groups excluding tert-OH is 1. The predicted molar refractivity (Wildman–Crippen MR) is 90.3 cm³/mol. The van der Waals surface area contributed by atoms with Gasteiger partial charge in [0.2, 0.25) is 0 Å². The van der Waals surface area contributed by atoms with E-state index < -0.39 is 6.10 Å². The molecule has 1 aromatic heterocycles. The lowest BCUT2D eigenvalue weighted by atomic mass is 10.1. The lowest BCUT2D eigenvalue weighted by Gasteiger charge is -2.19. The van der Waals surface area contributed by atoms with Crippen molar-refractivity contribution < 1.29 is 9.90 Å². The van der Waals surface area contributed by atoms with E-state index in [1.54, 1.807) is 23.7 Å². The summed E-state index contributed by atoms with van der Waals surface area (Å²) in [7, 11) is 3.54. The Kier molecular flexibility index (Phi) is 5.55. The molecule has 0 radical (unpaired) electrons. The predicted octanol–water partition coefficient (Wildman–Crippen LogP) is 2.74. The Hall–Kier alpha value is -2.14. The van der Waals surface area contributed by atoms with Gasteiger partial charge < -0.3 is 10.0 Å². The van der Waals surface area contributed by atoms with Crippen LogP contribution in [0.5, 0.6) is 0 Å². The molecule has 0 fully saturated rings. The Balaban J connectivity index is 1.98. The summed E-state index contributed by atoms with van der Waals surface area (Å²) in [5, 5.41) is 14.6. The van der Waals surface area contributed by atoms with Crippen molar-refractivity contribution in [1.82, 2.24) is 14.7 Å². The molecule has 0 aliphatic rings. The highest BCUT2D eigenvalue weighted by Gasteiger charge is 2.19. The van der Waals surface area contributed by atoms with Crippen molar-refractivity contribution in [2.24, 2.45) is 7.05 Å². The topological polar surface area (TPSA) is 58.4 Å². The molecule has 0 aliphatic heterocycles. The van der Waals surface area contributed by atoms with Gasteiger partial charge in [0.15, 0.2) is 0 Å². The first-order valence-corrected chi connectivity index (χ1v) is 7.92. The monoisotopic (exact) mass is 315 g/mol. The van der Waals surface area contributed by atoms with Crippen LogP contribution in [0.4, 0.5) is 0 Å². The Morgan fingerprint density at radius 2 is 1.96 bits per heavy atom. The number of benzene rings is 1. The maximum Gasteiger partial charge on any atom is 0.271 e. The highest BCUT2D eigenvalue weighted by Crippen LogP contribution is 2.18. The van der Waals surface area contributed by atoms with Gasteiger partial charge in [-0.25, -0.2) is 0 Å². The van der Waals surface area contributed by atoms with Gasteiger partial charge in [0.25, 0.3) is 5.91 Å². The van der Waals surface area contributed by atoms with Gasteiger partial charge in [0.1, 0.15) is 5.69 Å². The van der Waals surface area contributed by atoms with Crippen LogP contribution in [0.1, 0.15) is 54.0 Å². The molecule has 2 rings (SSSR count). The quantitative estimate of drug-likeness (QED) is 0.891. The lowest BCUT2D eigenvalue weighted by molar-refractivity contribution is 0.0750. The summed E-state index contributed by atoms with van der Waals surface area (Å²) < 4.78 is 1.63. The van der Waals surface area contributed by atoms with Gasteiger partial charge in [-0.05, 0) is 24.0 Å². The normalized spacial score (nSPS) is 12.4. The molecule has 1 unspecified atom stereocenters. The van der Waals surface area contributed by atoms with Gasteiger partial charge in [-0.15, -0.1) is 0 Å². The summed E-state index contributed by atoms with van der Waals surface area (Å²) in [6.45, 7) is 4.59. The van der Waals surface area contributed by atoms with E-state index in [-0.39, 0.29) is 11.8 Å². The summed E-state index contributed by atoms with van der Waals surface area (Å²) in [6.07, 6.45) is -0.0644. The van der Waals surface area contributed by atoms with Crippen molar-refractivity contribution in [3.8, 4) is 0 Å². The molecular weight excluding hydrogens is 290 g/mol. The number of carbonyl (C=O) groups excluding carboxylic acids is 1. The van der Waals surface area contributed by atoms with E-state index in [0.717, 1.165) is 11.3 Å². The van der Waals surface area contributed by atoms with Crippen LogP contribution < -0.4 is 0 Å². The van der Waals surface area contributed by atoms with E-state index in [0.29, 0.717) is 18.7 Å². The molecule has 5 heteroatoms. The van der Waals surface area contributed by atoms with Gasteiger partial charge in [-0.1, -0.05) is 44.2 Å². The van der Waals surface area contributed by atoms with Gasteiger partial charge >= 0.3 is 0 Å². The zero-order valence-electron chi connectivity index (χ0n) is 14.2. The van der Waals surface area contributed by atoms with Crippen molar-refractivity contribution in [2.75, 3.05) is 13.6 Å². The number of aromatic nitrogens is 2. The third kappa shape index (κ3) is 4.20. The van der Waals surface area contributed by atoms with Gasteiger partial charge in [-0.2, -0.15) is 5.10 Å². The fraction of sp³-hybridized carbons (Fsp3) is 0.444. The van der Waals surface area contributed by atoms with E-state index in [1.807, 2.05) is 36.4 Å². The summed E-state index contributed by atoms with van der Waals surface area (Å²) in [4.78, 5) is 14.2. The maximum atomic E-state index is 12.5. The molecule has 1 heterocycles. The average molecular weight is 315 g/mol. The Labute approximate surface area is 137 Å². The summed E-state index contributed by atoms with van der Waals surface area (Å²) in [5.41, 5.74) is 2.36. The van der Waals surface area contributed by atoms with E-state index in [4.69, 9.17) is 0 Å². The molecule has 5 nitrogen and oxygen atoms in total. The molecule has 1 N–H and O–H groups in total. The standard InChI is InChI=1S/C18H25N3O2/c1-13(2)15-12-16(21(4)19-15)18(23)20(3)11-10-17(22)14-8-6-5-7-9-14/h5-9,12-13,17,22H,10-11H2,1-4H3. The van der Waals surface area contributed by atoms with Gasteiger partial charge in [0.05, 0.1) is 11.8 Å². The van der Waals surface area contributed by atoms with Crippen molar-refractivity contribution in [3.05, 3.63) is 53.3 Å². The van der Waals surface area contributed by atoms with Crippen LogP contribution in [0.2, 0.25) is 0 Å². The fourth-order valence-corrected chi connectivity index (χ4v) is 2.43. The molecule has 0 aliphatic carbocycles. The van der Waals surface area contributed by atoms with Crippen molar-refractivity contribution in [1.29, 1.82) is 0 Å². The molecule has 23 heavy (non-hydrogen) atoms. The third-order valence-corrected chi connectivity index (χ3v) is 3.98. The molecule has 1 aromatic carbocycles. The first kappa shape index (κ1) is 17.2. The van der Waals surface area contributed by atoms with Crippen LogP contribution in [0.25, 0.3) is 0 Å². The number of hydrogen-bond acceptors (Lipinski definition) is 3. The molecule has 1 amide bonds. The van der Waals surface area contributed by atoms with Crippen LogP contribution in [-0.4, -0.2) is 39.3 Å². The minimum atomic E-state index is -0.566. The number of carbonyl (C=O) groups is 1. The summed E-state index contributed by atoms with van der Waals surface area (Å²) in [6, 6.07) is 11.3. The average Bonchev–Trinajstić information content (AvgIpc) is 2.94. The van der Waals surface area contributed by atoms with E-state index >= 15 is 0 Å². The summed E-state index contributed by atoms with van der Waals surface area (Å²) >= 11 is 0. The number of rotatable bonds is 6. The second-order valence-corrected chi connectivity index (χ2v) is 6.17. The molecule has 0 bridgehead atoms. The maximum absolute atomic E-state index is 12.5. The first-order chi connectivity index (χ1) is 10.9. The smallest absolute Gasteiger partial charge is 0.271 e. The van der Waals surface area contributed by atoms with Crippen molar-refractivity contribution in [3.63, 3.8) is 0 Å². The minimum absolute atomic E-state index is 0.0767. The second-order valence-electron chi connectivity index (χ2n) is 6.17. The Morgan fingerprint density at radius 1 is 1.30 bits per heavy atom. The number of aryl methyl sites for hydroxylation is 1. The van der Waals surface area contributed by atoms with Gasteiger partial charge in [0, 0.05) is 20.6 Å². The van der Waals surface area contributed by atoms with E-state index in [9.17, 15) is 9.90 Å². The number of amides is 1. The Bertz CT molecular complexity index is 650. The Morgan fingerprint density at radius 3 is 2.52 bits per heavy atom. The van der Waals surface area contributed by atoms with Crippen molar-refractivity contribution in [2.45, 2.75) is 32.3 Å². The number of hydrogen-bond donors (Lipinski definition) is 1. The zero-order valence-corrected chi connectivity index (χ0v) is 14.2. The number of nitrogens with zero attached hydrogens (tertiary/aromatic N) is 3. The van der Waals surface area contributed by atoms with Crippen LogP contribution in [0, 0.1) is 0 Å². The molecule has 0 saturated carbocycles.